The van der Waals surface area contributed by atoms with Gasteiger partial charge in [-0.1, -0.05) is 20.8 Å². The monoisotopic (exact) mass is 512 g/mol. The third-order valence-corrected chi connectivity index (χ3v) is 7.88. The third-order valence-electron chi connectivity index (χ3n) is 6.47. The van der Waals surface area contributed by atoms with Crippen LogP contribution in [0.2, 0.25) is 0 Å². The summed E-state index contributed by atoms with van der Waals surface area (Å²) in [4.78, 5) is 44.0. The Hall–Kier alpha value is -2.18. The molecule has 0 aromatic heterocycles. The second-order valence-electron chi connectivity index (χ2n) is 10.9. The fourth-order valence-corrected chi connectivity index (χ4v) is 6.73. The first-order valence-corrected chi connectivity index (χ1v) is 13.0. The molecule has 1 unspecified atom stereocenters. The zero-order valence-electron chi connectivity index (χ0n) is 21.7. The lowest BCUT2D eigenvalue weighted by molar-refractivity contribution is -0.149. The summed E-state index contributed by atoms with van der Waals surface area (Å²) in [7, 11) is 3.57. The molecule has 0 bridgehead atoms. The van der Waals surface area contributed by atoms with Crippen molar-refractivity contribution in [3.05, 3.63) is 11.9 Å². The molecule has 2 N–H and O–H groups in total. The van der Waals surface area contributed by atoms with E-state index in [2.05, 4.69) is 26.1 Å². The minimum Gasteiger partial charge on any atom is -0.465 e. The molecule has 0 saturated carbocycles. The molecular weight excluding hydrogens is 472 g/mol. The van der Waals surface area contributed by atoms with Crippen LogP contribution in [0.4, 0.5) is 4.79 Å². The van der Waals surface area contributed by atoms with Gasteiger partial charge in [0.2, 0.25) is 5.91 Å². The van der Waals surface area contributed by atoms with Crippen molar-refractivity contribution < 1.29 is 24.2 Å². The lowest BCUT2D eigenvalue weighted by atomic mass is 9.81. The van der Waals surface area contributed by atoms with Crippen molar-refractivity contribution >= 4 is 29.7 Å². The van der Waals surface area contributed by atoms with E-state index in [1.165, 1.54) is 0 Å². The molecule has 3 aliphatic heterocycles. The number of carbonyl (C=O) groups excluding carboxylic acids is 2. The highest BCUT2D eigenvalue weighted by Gasteiger charge is 2.46. The predicted octanol–water partition coefficient (Wildman–Crippen LogP) is 1.10. The van der Waals surface area contributed by atoms with E-state index in [1.807, 2.05) is 35.0 Å². The molecule has 0 aromatic rings. The molecule has 0 aliphatic carbocycles. The Balaban J connectivity index is 1.70. The molecule has 2 saturated heterocycles. The molecule has 198 valence electrons. The van der Waals surface area contributed by atoms with Gasteiger partial charge in [0.05, 0.1) is 13.3 Å². The van der Waals surface area contributed by atoms with E-state index in [4.69, 9.17) is 4.74 Å². The van der Waals surface area contributed by atoms with Crippen molar-refractivity contribution in [3.63, 3.8) is 0 Å². The lowest BCUT2D eigenvalue weighted by Gasteiger charge is -2.44. The normalized spacial score (nSPS) is 21.7. The minimum atomic E-state index is -1.21. The molecule has 2 atom stereocenters. The fourth-order valence-electron chi connectivity index (χ4n) is 5.15. The summed E-state index contributed by atoms with van der Waals surface area (Å²) in [5.74, 6) is 0.411. The Morgan fingerprint density at radius 2 is 1.83 bits per heavy atom. The highest BCUT2D eigenvalue weighted by molar-refractivity contribution is 8.00. The van der Waals surface area contributed by atoms with Crippen LogP contribution in [0.1, 0.15) is 34.1 Å². The number of thioether (sulfide) groups is 1. The molecule has 3 amide bonds. The van der Waals surface area contributed by atoms with Gasteiger partial charge in [-0.15, -0.1) is 0 Å². The van der Waals surface area contributed by atoms with E-state index in [0.29, 0.717) is 64.0 Å². The summed E-state index contributed by atoms with van der Waals surface area (Å²) in [5.41, 5.74) is 0.584. The molecule has 11 nitrogen and oxygen atoms in total. The minimum absolute atomic E-state index is 0.0214. The summed E-state index contributed by atoms with van der Waals surface area (Å²) in [6.45, 7) is 11.8. The number of hydrazine groups is 1. The van der Waals surface area contributed by atoms with Crippen LogP contribution in [0.3, 0.4) is 0 Å². The Morgan fingerprint density at radius 3 is 2.37 bits per heavy atom. The summed E-state index contributed by atoms with van der Waals surface area (Å²) in [6.07, 6.45) is 1.30. The Labute approximate surface area is 212 Å². The number of piperazine rings is 1. The van der Waals surface area contributed by atoms with E-state index >= 15 is 0 Å². The van der Waals surface area contributed by atoms with E-state index in [9.17, 15) is 19.5 Å². The number of nitrogens with one attached hydrogen (secondary N) is 1. The van der Waals surface area contributed by atoms with Gasteiger partial charge in [0.25, 0.3) is 5.91 Å². The van der Waals surface area contributed by atoms with Crippen LogP contribution >= 0.6 is 11.8 Å². The fraction of sp³-hybridized carbons (Fsp3) is 0.783. The zero-order chi connectivity index (χ0) is 26.0. The summed E-state index contributed by atoms with van der Waals surface area (Å²) in [5, 5.41) is 15.9. The first-order chi connectivity index (χ1) is 16.3. The molecule has 0 radical (unpaired) electrons. The van der Waals surface area contributed by atoms with Crippen molar-refractivity contribution in [2.24, 2.45) is 5.41 Å². The van der Waals surface area contributed by atoms with Crippen molar-refractivity contribution in [1.29, 1.82) is 0 Å². The topological polar surface area (TPSA) is 109 Å². The van der Waals surface area contributed by atoms with Gasteiger partial charge in [0, 0.05) is 57.0 Å². The molecule has 2 fully saturated rings. The Kier molecular flexibility index (Phi) is 8.48. The van der Waals surface area contributed by atoms with Gasteiger partial charge in [-0.2, -0.15) is 11.8 Å². The molecule has 3 rings (SSSR count). The maximum atomic E-state index is 13.7. The van der Waals surface area contributed by atoms with Crippen LogP contribution in [-0.4, -0.2) is 125 Å². The van der Waals surface area contributed by atoms with Crippen LogP contribution in [-0.2, 0) is 14.3 Å². The largest absolute Gasteiger partial charge is 0.465 e. The standard InChI is InChI=1S/C23H40N6O5S/c1-22(2,3)14-23(4,35-12-11-34-6)18(24-21(32)33)20(31)26-7-9-28(10-8-26)29-16-27-15-25(5)13-17(27)19(29)30/h13,18,24H,7-12,14-16H2,1-6H3,(H,32,33)/t18-,23?/m0/s1. The van der Waals surface area contributed by atoms with Crippen LogP contribution in [0, 0.1) is 5.41 Å². The second kappa shape index (κ2) is 10.8. The van der Waals surface area contributed by atoms with E-state index < -0.39 is 16.9 Å². The molecule has 12 heteroatoms. The quantitative estimate of drug-likeness (QED) is 0.439. The SMILES string of the molecule is COCCSC(C)(CC(C)(C)C)[C@@H](NC(=O)O)C(=O)N1CCN(N2CN3CN(C)C=C3C2=O)CC1. The molecule has 0 spiro atoms. The number of amides is 3. The number of methoxy groups -OCH3 is 1. The smallest absolute Gasteiger partial charge is 0.405 e. The number of hydrogen-bond acceptors (Lipinski definition) is 8. The number of carbonyl (C=O) groups is 3. The van der Waals surface area contributed by atoms with Gasteiger partial charge in [0.1, 0.15) is 18.4 Å². The van der Waals surface area contributed by atoms with Gasteiger partial charge < -0.3 is 29.9 Å². The van der Waals surface area contributed by atoms with Crippen LogP contribution < -0.4 is 5.32 Å². The number of hydrogen-bond donors (Lipinski definition) is 2. The third kappa shape index (κ3) is 6.53. The van der Waals surface area contributed by atoms with E-state index in [1.54, 1.807) is 28.8 Å². The van der Waals surface area contributed by atoms with Gasteiger partial charge in [0.15, 0.2) is 0 Å². The van der Waals surface area contributed by atoms with Gasteiger partial charge in [-0.3, -0.25) is 9.59 Å². The van der Waals surface area contributed by atoms with Crippen LogP contribution in [0.15, 0.2) is 11.9 Å². The van der Waals surface area contributed by atoms with Gasteiger partial charge in [-0.05, 0) is 18.8 Å². The maximum Gasteiger partial charge on any atom is 0.405 e. The molecule has 0 aromatic carbocycles. The van der Waals surface area contributed by atoms with Crippen molar-refractivity contribution in [2.75, 3.05) is 66.0 Å². The summed E-state index contributed by atoms with van der Waals surface area (Å²) < 4.78 is 4.55. The zero-order valence-corrected chi connectivity index (χ0v) is 22.6. The van der Waals surface area contributed by atoms with Gasteiger partial charge in [-0.25, -0.2) is 14.8 Å². The average Bonchev–Trinajstić information content (AvgIpc) is 3.27. The Morgan fingerprint density at radius 1 is 1.17 bits per heavy atom. The van der Waals surface area contributed by atoms with Crippen molar-refractivity contribution in [2.45, 2.75) is 44.9 Å². The number of rotatable bonds is 9. The predicted molar refractivity (Wildman–Crippen MR) is 134 cm³/mol. The first kappa shape index (κ1) is 27.4. The van der Waals surface area contributed by atoms with Crippen molar-refractivity contribution in [1.82, 2.24) is 30.0 Å². The van der Waals surface area contributed by atoms with E-state index in [-0.39, 0.29) is 17.2 Å². The molecule has 35 heavy (non-hydrogen) atoms. The highest BCUT2D eigenvalue weighted by Crippen LogP contribution is 2.40. The summed E-state index contributed by atoms with van der Waals surface area (Å²) >= 11 is 1.57. The first-order valence-electron chi connectivity index (χ1n) is 12.0. The number of carboxylic acid groups (broad SMARTS) is 1. The van der Waals surface area contributed by atoms with Gasteiger partial charge >= 0.3 is 6.09 Å². The lowest BCUT2D eigenvalue weighted by Crippen LogP contribution is -2.63. The second-order valence-corrected chi connectivity index (χ2v) is 12.5. The highest BCUT2D eigenvalue weighted by atomic mass is 32.2. The number of fused-ring (bicyclic) bond motifs is 1. The summed E-state index contributed by atoms with van der Waals surface area (Å²) in [6, 6.07) is -0.896. The van der Waals surface area contributed by atoms with Crippen molar-refractivity contribution in [3.8, 4) is 0 Å². The molecular formula is C23H40N6O5S. The average molecular weight is 513 g/mol. The molecule has 3 heterocycles. The Bertz CT molecular complexity index is 841. The van der Waals surface area contributed by atoms with Crippen LogP contribution in [0.5, 0.6) is 0 Å². The van der Waals surface area contributed by atoms with E-state index in [0.717, 1.165) is 0 Å². The number of nitrogens with zero attached hydrogens (tertiary/aromatic N) is 5. The van der Waals surface area contributed by atoms with Crippen LogP contribution in [0.25, 0.3) is 0 Å². The molecule has 3 aliphatic rings. The maximum absolute atomic E-state index is 13.7. The number of ether oxygens (including phenoxy) is 1.